The molecule has 2 aromatic rings. The van der Waals surface area contributed by atoms with Crippen molar-refractivity contribution >= 4 is 23.1 Å². The standard InChI is InChI=1S/C18H23N3O4/c1-3-24-18(23)21-8-6-14(7-9-21)20-17(22)11-13-4-5-16-15(10-13)19-12(2)25-16/h4-5,10,14H,3,6-9,11H2,1-2H3,(H,20,22). The highest BCUT2D eigenvalue weighted by Crippen LogP contribution is 2.17. The van der Waals surface area contributed by atoms with Crippen LogP contribution in [0, 0.1) is 6.92 Å². The number of likely N-dealkylation sites (tertiary alicyclic amines) is 1. The molecule has 0 radical (unpaired) electrons. The lowest BCUT2D eigenvalue weighted by Gasteiger charge is -2.31. The number of amides is 2. The van der Waals surface area contributed by atoms with Crippen molar-refractivity contribution in [2.75, 3.05) is 19.7 Å². The zero-order valence-corrected chi connectivity index (χ0v) is 14.6. The maximum Gasteiger partial charge on any atom is 0.409 e. The predicted octanol–water partition coefficient (Wildman–Crippen LogP) is 2.42. The molecular weight excluding hydrogens is 322 g/mol. The van der Waals surface area contributed by atoms with Gasteiger partial charge in [-0.2, -0.15) is 0 Å². The number of rotatable bonds is 4. The van der Waals surface area contributed by atoms with E-state index in [0.29, 0.717) is 32.0 Å². The van der Waals surface area contributed by atoms with Gasteiger partial charge in [0.05, 0.1) is 13.0 Å². The third kappa shape index (κ3) is 4.29. The summed E-state index contributed by atoms with van der Waals surface area (Å²) in [6, 6.07) is 5.71. The van der Waals surface area contributed by atoms with Crippen molar-refractivity contribution in [2.45, 2.75) is 39.2 Å². The van der Waals surface area contributed by atoms with Crippen LogP contribution in [0.1, 0.15) is 31.2 Å². The first-order valence-corrected chi connectivity index (χ1v) is 8.62. The molecule has 0 saturated carbocycles. The Labute approximate surface area is 146 Å². The molecule has 2 amide bonds. The van der Waals surface area contributed by atoms with Crippen molar-refractivity contribution in [1.29, 1.82) is 0 Å². The number of piperidine rings is 1. The van der Waals surface area contributed by atoms with Crippen LogP contribution in [0.3, 0.4) is 0 Å². The third-order valence-corrected chi connectivity index (χ3v) is 4.31. The smallest absolute Gasteiger partial charge is 0.409 e. The van der Waals surface area contributed by atoms with E-state index in [2.05, 4.69) is 10.3 Å². The lowest BCUT2D eigenvalue weighted by atomic mass is 10.0. The summed E-state index contributed by atoms with van der Waals surface area (Å²) >= 11 is 0. The summed E-state index contributed by atoms with van der Waals surface area (Å²) in [4.78, 5) is 29.9. The van der Waals surface area contributed by atoms with Crippen LogP contribution in [0.5, 0.6) is 0 Å². The van der Waals surface area contributed by atoms with Gasteiger partial charge in [-0.1, -0.05) is 6.07 Å². The molecule has 3 rings (SSSR count). The van der Waals surface area contributed by atoms with E-state index in [1.54, 1.807) is 18.7 Å². The number of ether oxygens (including phenoxy) is 1. The first-order valence-electron chi connectivity index (χ1n) is 8.62. The van der Waals surface area contributed by atoms with Crippen molar-refractivity contribution in [3.63, 3.8) is 0 Å². The number of carbonyl (C=O) groups is 2. The first-order chi connectivity index (χ1) is 12.0. The minimum atomic E-state index is -0.275. The number of aryl methyl sites for hydroxylation is 1. The van der Waals surface area contributed by atoms with Gasteiger partial charge in [-0.05, 0) is 37.5 Å². The van der Waals surface area contributed by atoms with E-state index in [-0.39, 0.29) is 18.0 Å². The summed E-state index contributed by atoms with van der Waals surface area (Å²) in [6.07, 6.45) is 1.52. The molecule has 7 nitrogen and oxygen atoms in total. The van der Waals surface area contributed by atoms with Crippen LogP contribution >= 0.6 is 0 Å². The van der Waals surface area contributed by atoms with Crippen LogP contribution in [-0.2, 0) is 16.0 Å². The van der Waals surface area contributed by atoms with Gasteiger partial charge in [0.15, 0.2) is 11.5 Å². The van der Waals surface area contributed by atoms with E-state index in [9.17, 15) is 9.59 Å². The van der Waals surface area contributed by atoms with Crippen LogP contribution in [-0.4, -0.2) is 47.6 Å². The number of hydrogen-bond donors (Lipinski definition) is 1. The molecule has 1 saturated heterocycles. The predicted molar refractivity (Wildman–Crippen MR) is 92.2 cm³/mol. The number of oxazole rings is 1. The van der Waals surface area contributed by atoms with Crippen LogP contribution in [0.25, 0.3) is 11.1 Å². The molecule has 25 heavy (non-hydrogen) atoms. The minimum Gasteiger partial charge on any atom is -0.450 e. The number of benzene rings is 1. The second-order valence-corrected chi connectivity index (χ2v) is 6.24. The molecule has 1 fully saturated rings. The van der Waals surface area contributed by atoms with Gasteiger partial charge >= 0.3 is 6.09 Å². The zero-order valence-electron chi connectivity index (χ0n) is 14.6. The van der Waals surface area contributed by atoms with Gasteiger partial charge in [-0.3, -0.25) is 4.79 Å². The SMILES string of the molecule is CCOC(=O)N1CCC(NC(=O)Cc2ccc3oc(C)nc3c2)CC1. The topological polar surface area (TPSA) is 84.7 Å². The van der Waals surface area contributed by atoms with Crippen molar-refractivity contribution < 1.29 is 18.7 Å². The molecule has 1 N–H and O–H groups in total. The lowest BCUT2D eigenvalue weighted by Crippen LogP contribution is -2.47. The van der Waals surface area contributed by atoms with Crippen molar-refractivity contribution in [1.82, 2.24) is 15.2 Å². The highest BCUT2D eigenvalue weighted by atomic mass is 16.6. The maximum absolute atomic E-state index is 12.3. The number of hydrogen-bond acceptors (Lipinski definition) is 5. The summed E-state index contributed by atoms with van der Waals surface area (Å²) in [5, 5.41) is 3.05. The van der Waals surface area contributed by atoms with Crippen molar-refractivity contribution in [3.05, 3.63) is 29.7 Å². The Morgan fingerprint density at radius 3 is 2.84 bits per heavy atom. The number of nitrogens with zero attached hydrogens (tertiary/aromatic N) is 2. The average molecular weight is 345 g/mol. The van der Waals surface area contributed by atoms with Crippen molar-refractivity contribution in [2.24, 2.45) is 0 Å². The molecule has 0 unspecified atom stereocenters. The fourth-order valence-electron chi connectivity index (χ4n) is 3.08. The fourth-order valence-corrected chi connectivity index (χ4v) is 3.08. The molecule has 1 aromatic carbocycles. The lowest BCUT2D eigenvalue weighted by molar-refractivity contribution is -0.121. The first kappa shape index (κ1) is 17.3. The Bertz CT molecular complexity index is 763. The van der Waals surface area contributed by atoms with E-state index < -0.39 is 0 Å². The summed E-state index contributed by atoms with van der Waals surface area (Å²) in [5.74, 6) is 0.596. The van der Waals surface area contributed by atoms with E-state index in [0.717, 1.165) is 29.5 Å². The van der Waals surface area contributed by atoms with Gasteiger partial charge in [-0.25, -0.2) is 9.78 Å². The quantitative estimate of drug-likeness (QED) is 0.920. The molecule has 0 aliphatic carbocycles. The van der Waals surface area contributed by atoms with Gasteiger partial charge in [0.2, 0.25) is 5.91 Å². The van der Waals surface area contributed by atoms with E-state index >= 15 is 0 Å². The Morgan fingerprint density at radius 1 is 1.36 bits per heavy atom. The summed E-state index contributed by atoms with van der Waals surface area (Å²) in [6.45, 7) is 5.18. The van der Waals surface area contributed by atoms with Gasteiger partial charge in [0.25, 0.3) is 0 Å². The Hall–Kier alpha value is -2.57. The average Bonchev–Trinajstić information content (AvgIpc) is 2.95. The number of nitrogens with one attached hydrogen (secondary N) is 1. The minimum absolute atomic E-state index is 0.0193. The normalized spacial score (nSPS) is 15.4. The fraction of sp³-hybridized carbons (Fsp3) is 0.500. The molecule has 1 aromatic heterocycles. The molecule has 0 spiro atoms. The Balaban J connectivity index is 1.50. The molecular formula is C18H23N3O4. The Kier molecular flexibility index (Phi) is 5.21. The number of fused-ring (bicyclic) bond motifs is 1. The number of aromatic nitrogens is 1. The van der Waals surface area contributed by atoms with Gasteiger partial charge < -0.3 is 19.4 Å². The molecule has 7 heteroatoms. The molecule has 0 atom stereocenters. The second-order valence-electron chi connectivity index (χ2n) is 6.24. The summed E-state index contributed by atoms with van der Waals surface area (Å²) in [7, 11) is 0. The highest BCUT2D eigenvalue weighted by Gasteiger charge is 2.24. The zero-order chi connectivity index (χ0) is 17.8. The molecule has 0 bridgehead atoms. The number of carbonyl (C=O) groups excluding carboxylic acids is 2. The van der Waals surface area contributed by atoms with Crippen LogP contribution in [0.4, 0.5) is 4.79 Å². The summed E-state index contributed by atoms with van der Waals surface area (Å²) in [5.41, 5.74) is 2.40. The van der Waals surface area contributed by atoms with Crippen LogP contribution < -0.4 is 5.32 Å². The third-order valence-electron chi connectivity index (χ3n) is 4.31. The van der Waals surface area contributed by atoms with Crippen molar-refractivity contribution in [3.8, 4) is 0 Å². The van der Waals surface area contributed by atoms with Crippen LogP contribution in [0.2, 0.25) is 0 Å². The summed E-state index contributed by atoms with van der Waals surface area (Å²) < 4.78 is 10.4. The largest absolute Gasteiger partial charge is 0.450 e. The Morgan fingerprint density at radius 2 is 2.12 bits per heavy atom. The van der Waals surface area contributed by atoms with E-state index in [4.69, 9.17) is 9.15 Å². The van der Waals surface area contributed by atoms with Gasteiger partial charge in [-0.15, -0.1) is 0 Å². The molecule has 1 aliphatic rings. The maximum atomic E-state index is 12.3. The molecule has 1 aliphatic heterocycles. The van der Waals surface area contributed by atoms with Gasteiger partial charge in [0, 0.05) is 26.1 Å². The second kappa shape index (κ2) is 7.55. The highest BCUT2D eigenvalue weighted by molar-refractivity contribution is 5.81. The van der Waals surface area contributed by atoms with Gasteiger partial charge in [0.1, 0.15) is 5.52 Å². The van der Waals surface area contributed by atoms with E-state index in [1.165, 1.54) is 0 Å². The monoisotopic (exact) mass is 345 g/mol. The van der Waals surface area contributed by atoms with E-state index in [1.807, 2.05) is 18.2 Å². The molecule has 134 valence electrons. The van der Waals surface area contributed by atoms with Crippen LogP contribution in [0.15, 0.2) is 22.6 Å². The molecule has 2 heterocycles.